The number of aromatic amines is 1. The summed E-state index contributed by atoms with van der Waals surface area (Å²) in [6, 6.07) is 3.48. The van der Waals surface area contributed by atoms with E-state index in [0.29, 0.717) is 44.8 Å². The van der Waals surface area contributed by atoms with E-state index in [1.807, 2.05) is 4.90 Å². The van der Waals surface area contributed by atoms with E-state index < -0.39 is 35.7 Å². The molecule has 1 aliphatic heterocycles. The number of rotatable bonds is 7. The number of nitrogens with one attached hydrogen (secondary N) is 1. The highest BCUT2D eigenvalue weighted by atomic mass is 35.5. The zero-order valence-electron chi connectivity index (χ0n) is 16.8. The monoisotopic (exact) mass is 484 g/mol. The van der Waals surface area contributed by atoms with Crippen LogP contribution in [-0.4, -0.2) is 60.0 Å². The van der Waals surface area contributed by atoms with Crippen LogP contribution in [0, 0.1) is 11.6 Å². The standard InChI is InChI=1S/C19H21F5N4O3.ClH/c20-13-2-3-15(16(10-13)31-12-19(22,23)24)27-8-6-26(7-9-27)4-1-5-28-17(29)14(21)11-25-18(28)30;/h2-3,10-11H,1,4-9,12H2,(H,25,30);1H. The Morgan fingerprint density at radius 2 is 1.72 bits per heavy atom. The lowest BCUT2D eigenvalue weighted by atomic mass is 10.2. The molecule has 1 N–H and O–H groups in total. The molecule has 0 atom stereocenters. The van der Waals surface area contributed by atoms with E-state index in [-0.39, 0.29) is 24.7 Å². The number of hydrogen-bond acceptors (Lipinski definition) is 5. The van der Waals surface area contributed by atoms with Crippen LogP contribution in [0.15, 0.2) is 34.0 Å². The Balaban J connectivity index is 0.00000363. The van der Waals surface area contributed by atoms with Crippen molar-refractivity contribution in [1.29, 1.82) is 0 Å². The van der Waals surface area contributed by atoms with Gasteiger partial charge in [-0.2, -0.15) is 17.6 Å². The van der Waals surface area contributed by atoms with Crippen molar-refractivity contribution in [3.63, 3.8) is 0 Å². The maximum atomic E-state index is 13.5. The third-order valence-corrected chi connectivity index (χ3v) is 4.90. The molecule has 0 amide bonds. The summed E-state index contributed by atoms with van der Waals surface area (Å²) in [6.45, 7) is 1.14. The highest BCUT2D eigenvalue weighted by molar-refractivity contribution is 5.85. The summed E-state index contributed by atoms with van der Waals surface area (Å²) in [5.41, 5.74) is -1.28. The van der Waals surface area contributed by atoms with Crippen LogP contribution >= 0.6 is 12.4 Å². The van der Waals surface area contributed by atoms with E-state index in [4.69, 9.17) is 4.74 Å². The highest BCUT2D eigenvalue weighted by Gasteiger charge is 2.29. The molecule has 1 aromatic carbocycles. The second-order valence-corrected chi connectivity index (χ2v) is 7.10. The van der Waals surface area contributed by atoms with Crippen LogP contribution in [0.25, 0.3) is 0 Å². The average molecular weight is 485 g/mol. The van der Waals surface area contributed by atoms with Crippen molar-refractivity contribution in [2.24, 2.45) is 0 Å². The second-order valence-electron chi connectivity index (χ2n) is 7.10. The average Bonchev–Trinajstić information content (AvgIpc) is 2.72. The lowest BCUT2D eigenvalue weighted by Gasteiger charge is -2.36. The van der Waals surface area contributed by atoms with E-state index >= 15 is 0 Å². The molecule has 178 valence electrons. The largest absolute Gasteiger partial charge is 0.482 e. The first-order valence-electron chi connectivity index (χ1n) is 9.58. The molecular weight excluding hydrogens is 463 g/mol. The summed E-state index contributed by atoms with van der Waals surface area (Å²) in [7, 11) is 0. The minimum absolute atomic E-state index is 0. The van der Waals surface area contributed by atoms with E-state index in [9.17, 15) is 31.5 Å². The predicted octanol–water partition coefficient (Wildman–Crippen LogP) is 2.39. The van der Waals surface area contributed by atoms with Crippen LogP contribution in [0.1, 0.15) is 6.42 Å². The maximum Gasteiger partial charge on any atom is 0.422 e. The number of piperazine rings is 1. The minimum atomic E-state index is -4.53. The molecule has 3 rings (SSSR count). The third-order valence-electron chi connectivity index (χ3n) is 4.90. The van der Waals surface area contributed by atoms with Gasteiger partial charge in [0.1, 0.15) is 11.6 Å². The normalized spacial score (nSPS) is 14.8. The van der Waals surface area contributed by atoms with Crippen molar-refractivity contribution < 1.29 is 26.7 Å². The molecule has 2 aromatic rings. The van der Waals surface area contributed by atoms with Gasteiger partial charge in [-0.3, -0.25) is 14.3 Å². The zero-order chi connectivity index (χ0) is 22.6. The van der Waals surface area contributed by atoms with E-state index in [1.54, 1.807) is 0 Å². The summed E-state index contributed by atoms with van der Waals surface area (Å²) in [5, 5.41) is 0. The molecule has 1 aromatic heterocycles. The van der Waals surface area contributed by atoms with Crippen molar-refractivity contribution in [3.05, 3.63) is 56.9 Å². The van der Waals surface area contributed by atoms with Crippen LogP contribution in [0.3, 0.4) is 0 Å². The number of alkyl halides is 3. The topological polar surface area (TPSA) is 70.6 Å². The van der Waals surface area contributed by atoms with Gasteiger partial charge in [-0.15, -0.1) is 12.4 Å². The summed E-state index contributed by atoms with van der Waals surface area (Å²) >= 11 is 0. The maximum absolute atomic E-state index is 13.5. The Kier molecular flexibility index (Phi) is 8.67. The molecule has 0 radical (unpaired) electrons. The van der Waals surface area contributed by atoms with Crippen LogP contribution < -0.4 is 20.9 Å². The van der Waals surface area contributed by atoms with Gasteiger partial charge in [-0.05, 0) is 25.1 Å². The van der Waals surface area contributed by atoms with Crippen LogP contribution in [0.4, 0.5) is 27.6 Å². The number of halogens is 6. The molecule has 1 fully saturated rings. The third kappa shape index (κ3) is 6.70. The van der Waals surface area contributed by atoms with Crippen molar-refractivity contribution in [1.82, 2.24) is 14.5 Å². The molecule has 0 unspecified atom stereocenters. The number of H-pyrrole nitrogens is 1. The molecule has 1 aliphatic rings. The molecule has 32 heavy (non-hydrogen) atoms. The quantitative estimate of drug-likeness (QED) is 0.611. The van der Waals surface area contributed by atoms with Gasteiger partial charge >= 0.3 is 11.9 Å². The molecule has 0 saturated carbocycles. The van der Waals surface area contributed by atoms with Crippen molar-refractivity contribution >= 4 is 18.1 Å². The smallest absolute Gasteiger partial charge is 0.422 e. The summed E-state index contributed by atoms with van der Waals surface area (Å²) in [4.78, 5) is 29.4. The predicted molar refractivity (Wildman–Crippen MR) is 110 cm³/mol. The van der Waals surface area contributed by atoms with Crippen LogP contribution in [0.2, 0.25) is 0 Å². The number of benzene rings is 1. The van der Waals surface area contributed by atoms with Gasteiger partial charge in [-0.25, -0.2) is 9.18 Å². The Bertz CT molecular complexity index is 1020. The van der Waals surface area contributed by atoms with Gasteiger partial charge in [0.2, 0.25) is 5.82 Å². The highest BCUT2D eigenvalue weighted by Crippen LogP contribution is 2.31. The molecule has 1 saturated heterocycles. The van der Waals surface area contributed by atoms with Crippen LogP contribution in [-0.2, 0) is 6.54 Å². The summed E-state index contributed by atoms with van der Waals surface area (Å²) in [6.07, 6.45) is -3.38. The fourth-order valence-electron chi connectivity index (χ4n) is 3.38. The SMILES string of the molecule is Cl.O=c1[nH]cc(F)c(=O)n1CCCN1CCN(c2ccc(F)cc2OCC(F)(F)F)CC1. The fraction of sp³-hybridized carbons (Fsp3) is 0.474. The Labute approximate surface area is 185 Å². The molecule has 13 heteroatoms. The second kappa shape index (κ2) is 10.8. The molecule has 0 bridgehead atoms. The minimum Gasteiger partial charge on any atom is -0.482 e. The van der Waals surface area contributed by atoms with Crippen molar-refractivity contribution in [3.8, 4) is 5.75 Å². The summed E-state index contributed by atoms with van der Waals surface area (Å²) in [5.74, 6) is -1.89. The molecule has 2 heterocycles. The van der Waals surface area contributed by atoms with Gasteiger partial charge in [0.25, 0.3) is 5.56 Å². The van der Waals surface area contributed by atoms with Gasteiger partial charge in [0.15, 0.2) is 6.61 Å². The molecular formula is C19H22ClF5N4O3. The van der Waals surface area contributed by atoms with Crippen molar-refractivity contribution in [2.75, 3.05) is 44.2 Å². The Morgan fingerprint density at radius 1 is 1.03 bits per heavy atom. The summed E-state index contributed by atoms with van der Waals surface area (Å²) < 4.78 is 69.8. The first-order valence-corrected chi connectivity index (χ1v) is 9.58. The van der Waals surface area contributed by atoms with Gasteiger partial charge in [-0.1, -0.05) is 0 Å². The van der Waals surface area contributed by atoms with Crippen molar-refractivity contribution in [2.45, 2.75) is 19.1 Å². The lowest BCUT2D eigenvalue weighted by molar-refractivity contribution is -0.153. The molecule has 7 nitrogen and oxygen atoms in total. The first kappa shape index (κ1) is 25.7. The van der Waals surface area contributed by atoms with Gasteiger partial charge in [0, 0.05) is 45.0 Å². The van der Waals surface area contributed by atoms with Crippen LogP contribution in [0.5, 0.6) is 5.75 Å². The van der Waals surface area contributed by atoms with E-state index in [0.717, 1.165) is 22.9 Å². The van der Waals surface area contributed by atoms with E-state index in [1.165, 1.54) is 6.07 Å². The number of nitrogens with zero attached hydrogens (tertiary/aromatic N) is 3. The lowest BCUT2D eigenvalue weighted by Crippen LogP contribution is -2.47. The first-order chi connectivity index (χ1) is 14.6. The number of ether oxygens (including phenoxy) is 1. The Hall–Kier alpha value is -2.60. The molecule has 0 aliphatic carbocycles. The zero-order valence-corrected chi connectivity index (χ0v) is 17.6. The van der Waals surface area contributed by atoms with E-state index in [2.05, 4.69) is 9.88 Å². The number of aromatic nitrogens is 2. The van der Waals surface area contributed by atoms with Gasteiger partial charge in [0.05, 0.1) is 5.69 Å². The number of anilines is 1. The molecule has 0 spiro atoms. The van der Waals surface area contributed by atoms with Gasteiger partial charge < -0.3 is 14.6 Å². The number of hydrogen-bond donors (Lipinski definition) is 1. The fourth-order valence-corrected chi connectivity index (χ4v) is 3.38. The Morgan fingerprint density at radius 3 is 2.38 bits per heavy atom.